The molecule has 59 heavy (non-hydrogen) atoms. The van der Waals surface area contributed by atoms with Gasteiger partial charge in [0.25, 0.3) is 0 Å². The minimum atomic E-state index is 0.598. The summed E-state index contributed by atoms with van der Waals surface area (Å²) in [6.07, 6.45) is 3.65. The Bertz CT molecular complexity index is 3480. The Labute approximate surface area is 333 Å². The number of benzene rings is 6. The van der Waals surface area contributed by atoms with E-state index >= 15 is 0 Å². The molecule has 0 bridgehead atoms. The number of pyridine rings is 2. The van der Waals surface area contributed by atoms with Gasteiger partial charge in [-0.2, -0.15) is 0 Å². The highest BCUT2D eigenvalue weighted by atomic mass is 16.4. The van der Waals surface area contributed by atoms with Crippen LogP contribution in [0.25, 0.3) is 87.9 Å². The zero-order valence-corrected chi connectivity index (χ0v) is 31.0. The molecule has 0 radical (unpaired) electrons. The van der Waals surface area contributed by atoms with Gasteiger partial charge in [0.2, 0.25) is 11.8 Å². The summed E-state index contributed by atoms with van der Waals surface area (Å²) in [5, 5.41) is 6.95. The molecule has 7 aromatic heterocycles. The van der Waals surface area contributed by atoms with E-state index in [2.05, 4.69) is 36.4 Å². The third kappa shape index (κ3) is 4.91. The van der Waals surface area contributed by atoms with Crippen molar-refractivity contribution in [2.24, 2.45) is 0 Å². The van der Waals surface area contributed by atoms with E-state index in [1.807, 2.05) is 144 Å². The molecule has 9 heteroatoms. The van der Waals surface area contributed by atoms with Crippen LogP contribution in [0.4, 0.5) is 34.6 Å². The van der Waals surface area contributed by atoms with Gasteiger partial charge in [0, 0.05) is 74.9 Å². The first-order valence-electron chi connectivity index (χ1n) is 19.3. The number of nitrogens with zero attached hydrogens (tertiary/aromatic N) is 4. The molecule has 0 amide bonds. The molecule has 0 atom stereocenters. The van der Waals surface area contributed by atoms with Crippen molar-refractivity contribution < 1.29 is 22.1 Å². The molecule has 0 unspecified atom stereocenters. The fourth-order valence-corrected chi connectivity index (χ4v) is 8.41. The lowest BCUT2D eigenvalue weighted by Gasteiger charge is -2.21. The summed E-state index contributed by atoms with van der Waals surface area (Å²) in [5.74, 6) is 1.84. The van der Waals surface area contributed by atoms with Gasteiger partial charge in [0.1, 0.15) is 50.4 Å². The molecule has 0 aliphatic heterocycles. The first-order chi connectivity index (χ1) is 29.2. The lowest BCUT2D eigenvalue weighted by molar-refractivity contribution is 0.619. The minimum absolute atomic E-state index is 0.598. The first kappa shape index (κ1) is 31.9. The Kier molecular flexibility index (Phi) is 6.53. The molecule has 0 saturated carbocycles. The third-order valence-electron chi connectivity index (χ3n) is 11.2. The number of fused-ring (bicyclic) bond motifs is 11. The van der Waals surface area contributed by atoms with Gasteiger partial charge >= 0.3 is 0 Å². The summed E-state index contributed by atoms with van der Waals surface area (Å²) in [6, 6.07) is 52.4. The molecule has 0 spiro atoms. The van der Waals surface area contributed by atoms with Crippen LogP contribution in [0.5, 0.6) is 0 Å². The van der Waals surface area contributed by atoms with Crippen LogP contribution in [0.1, 0.15) is 0 Å². The number of aromatic nitrogens is 2. The minimum Gasteiger partial charge on any atom is -0.456 e. The normalized spacial score (nSPS) is 12.1. The summed E-state index contributed by atoms with van der Waals surface area (Å²) in [5.41, 5.74) is 9.09. The maximum atomic E-state index is 6.66. The molecular weight excluding hydrogens is 737 g/mol. The second kappa shape index (κ2) is 12.1. The van der Waals surface area contributed by atoms with E-state index in [1.165, 1.54) is 0 Å². The van der Waals surface area contributed by atoms with Crippen molar-refractivity contribution in [3.8, 4) is 0 Å². The monoisotopic (exact) mass is 764 g/mol. The second-order valence-electron chi connectivity index (χ2n) is 14.7. The summed E-state index contributed by atoms with van der Waals surface area (Å²) >= 11 is 0. The molecule has 0 fully saturated rings. The van der Waals surface area contributed by atoms with Crippen LogP contribution in [0.15, 0.2) is 192 Å². The Hall–Kier alpha value is -8.30. The van der Waals surface area contributed by atoms with Crippen LogP contribution in [-0.4, -0.2) is 9.97 Å². The predicted molar refractivity (Wildman–Crippen MR) is 233 cm³/mol. The van der Waals surface area contributed by atoms with E-state index in [9.17, 15) is 0 Å². The van der Waals surface area contributed by atoms with Crippen LogP contribution in [0.2, 0.25) is 0 Å². The molecule has 0 saturated heterocycles. The van der Waals surface area contributed by atoms with Crippen LogP contribution < -0.4 is 9.80 Å². The molecular formula is C50H28N4O5. The quantitative estimate of drug-likeness (QED) is 0.164. The largest absolute Gasteiger partial charge is 0.456 e. The Balaban J connectivity index is 0.959. The number of para-hydroxylation sites is 4. The van der Waals surface area contributed by atoms with Gasteiger partial charge in [-0.05, 0) is 48.5 Å². The molecule has 0 aliphatic carbocycles. The molecule has 0 aliphatic rings. The Morgan fingerprint density at radius 2 is 0.814 bits per heavy atom. The van der Waals surface area contributed by atoms with Crippen molar-refractivity contribution in [1.29, 1.82) is 0 Å². The first-order valence-corrected chi connectivity index (χ1v) is 19.3. The van der Waals surface area contributed by atoms with Gasteiger partial charge in [0.15, 0.2) is 5.58 Å². The van der Waals surface area contributed by atoms with E-state index in [1.54, 1.807) is 0 Å². The van der Waals surface area contributed by atoms with E-state index in [-0.39, 0.29) is 0 Å². The number of hydrogen-bond donors (Lipinski definition) is 0. The van der Waals surface area contributed by atoms with Gasteiger partial charge in [-0.15, -0.1) is 0 Å². The van der Waals surface area contributed by atoms with Gasteiger partial charge in [-0.3, -0.25) is 9.80 Å². The smallest absolute Gasteiger partial charge is 0.206 e. The molecule has 6 aromatic carbocycles. The highest BCUT2D eigenvalue weighted by molar-refractivity contribution is 6.08. The van der Waals surface area contributed by atoms with Crippen LogP contribution in [0.3, 0.4) is 0 Å². The lowest BCUT2D eigenvalue weighted by Crippen LogP contribution is -2.10. The zero-order chi connectivity index (χ0) is 38.6. The maximum absolute atomic E-state index is 6.66. The van der Waals surface area contributed by atoms with Gasteiger partial charge < -0.3 is 22.1 Å². The van der Waals surface area contributed by atoms with Crippen molar-refractivity contribution in [2.75, 3.05) is 9.80 Å². The van der Waals surface area contributed by atoms with Crippen molar-refractivity contribution in [2.45, 2.75) is 0 Å². The standard InChI is InChI=1S/C50H28N4O5/c1-5-13-39-29(9-1)21-48(58-39)53(31-17-19-36-34-11-3-7-15-41(34)55-43(36)23-31)33-25-46-50(52-27-33)38-28-51-47(26-45(38)57-46)54(49-22-30-10-2-6-14-40(30)59-49)32-18-20-37-35-12-4-8-16-42(35)56-44(37)24-32/h1-28H. The predicted octanol–water partition coefficient (Wildman–Crippen LogP) is 14.6. The van der Waals surface area contributed by atoms with Gasteiger partial charge in [-0.1, -0.05) is 72.8 Å². The highest BCUT2D eigenvalue weighted by Gasteiger charge is 2.24. The summed E-state index contributed by atoms with van der Waals surface area (Å²) in [7, 11) is 0. The van der Waals surface area contributed by atoms with Crippen LogP contribution in [-0.2, 0) is 0 Å². The fraction of sp³-hybridized carbons (Fsp3) is 0. The Morgan fingerprint density at radius 3 is 1.44 bits per heavy atom. The molecule has 13 aromatic rings. The molecule has 13 rings (SSSR count). The van der Waals surface area contributed by atoms with Crippen molar-refractivity contribution in [3.05, 3.63) is 170 Å². The second-order valence-corrected chi connectivity index (χ2v) is 14.7. The van der Waals surface area contributed by atoms with E-state index in [4.69, 9.17) is 32.1 Å². The van der Waals surface area contributed by atoms with E-state index in [0.717, 1.165) is 88.3 Å². The number of anilines is 6. The van der Waals surface area contributed by atoms with Gasteiger partial charge in [-0.25, -0.2) is 9.97 Å². The van der Waals surface area contributed by atoms with Crippen molar-refractivity contribution in [3.63, 3.8) is 0 Å². The fourth-order valence-electron chi connectivity index (χ4n) is 8.41. The van der Waals surface area contributed by atoms with Crippen LogP contribution in [0, 0.1) is 0 Å². The van der Waals surface area contributed by atoms with Crippen molar-refractivity contribution >= 4 is 123 Å². The highest BCUT2D eigenvalue weighted by Crippen LogP contribution is 2.44. The third-order valence-corrected chi connectivity index (χ3v) is 11.2. The average Bonchev–Trinajstić information content (AvgIpc) is 4.10. The molecule has 278 valence electrons. The lowest BCUT2D eigenvalue weighted by atomic mass is 10.1. The molecule has 9 nitrogen and oxygen atoms in total. The molecule has 0 N–H and O–H groups in total. The van der Waals surface area contributed by atoms with E-state index in [0.29, 0.717) is 34.3 Å². The maximum Gasteiger partial charge on any atom is 0.206 e. The van der Waals surface area contributed by atoms with Crippen molar-refractivity contribution in [1.82, 2.24) is 9.97 Å². The SMILES string of the molecule is c1ccc2oc(N(c3ccc4c(c3)oc3ccccc34)c3cnc4c(c3)oc3cc(N(c5ccc6c(c5)oc5ccccc56)c5cc6ccccc6o5)ncc34)cc2c1. The zero-order valence-electron chi connectivity index (χ0n) is 31.0. The molecule has 7 heterocycles. The number of hydrogen-bond acceptors (Lipinski definition) is 9. The topological polar surface area (TPSA) is 98.0 Å². The van der Waals surface area contributed by atoms with E-state index < -0.39 is 0 Å². The average molecular weight is 765 g/mol. The summed E-state index contributed by atoms with van der Waals surface area (Å²) in [4.78, 5) is 14.0. The Morgan fingerprint density at radius 1 is 0.322 bits per heavy atom. The summed E-state index contributed by atoms with van der Waals surface area (Å²) < 4.78 is 32.2. The summed E-state index contributed by atoms with van der Waals surface area (Å²) in [6.45, 7) is 0. The number of furan rings is 5. The van der Waals surface area contributed by atoms with Crippen LogP contribution >= 0.6 is 0 Å². The van der Waals surface area contributed by atoms with Gasteiger partial charge in [0.05, 0.1) is 28.6 Å². The number of rotatable bonds is 6.